The molecule has 0 heterocycles. The third-order valence-electron chi connectivity index (χ3n) is 3.14. The number of halogens is 2. The SMILES string of the molecule is CN(CCc1ccccc1)c1c(F)cc(C=O)cc1F. The number of anilines is 1. The van der Waals surface area contributed by atoms with Crippen molar-refractivity contribution in [3.05, 3.63) is 65.2 Å². The Morgan fingerprint density at radius 2 is 1.70 bits per heavy atom. The molecule has 0 saturated heterocycles. The Hall–Kier alpha value is -2.23. The van der Waals surface area contributed by atoms with Gasteiger partial charge in [0.1, 0.15) is 23.6 Å². The molecule has 0 aliphatic heterocycles. The second kappa shape index (κ2) is 6.28. The Labute approximate surface area is 116 Å². The lowest BCUT2D eigenvalue weighted by Gasteiger charge is -2.20. The molecule has 4 heteroatoms. The van der Waals surface area contributed by atoms with Crippen molar-refractivity contribution in [3.63, 3.8) is 0 Å². The molecular weight excluding hydrogens is 260 g/mol. The molecule has 104 valence electrons. The highest BCUT2D eigenvalue weighted by molar-refractivity contribution is 5.76. The summed E-state index contributed by atoms with van der Waals surface area (Å²) in [5.41, 5.74) is 0.997. The zero-order chi connectivity index (χ0) is 14.5. The fourth-order valence-corrected chi connectivity index (χ4v) is 2.07. The van der Waals surface area contributed by atoms with Gasteiger partial charge in [0.15, 0.2) is 0 Å². The summed E-state index contributed by atoms with van der Waals surface area (Å²) < 4.78 is 27.7. The van der Waals surface area contributed by atoms with Crippen LogP contribution in [0.25, 0.3) is 0 Å². The van der Waals surface area contributed by atoms with Gasteiger partial charge < -0.3 is 4.90 Å². The molecule has 0 saturated carbocycles. The molecule has 0 bridgehead atoms. The van der Waals surface area contributed by atoms with Crippen molar-refractivity contribution in [2.75, 3.05) is 18.5 Å². The molecule has 0 amide bonds. The minimum absolute atomic E-state index is 0.000194. The summed E-state index contributed by atoms with van der Waals surface area (Å²) in [4.78, 5) is 12.1. The molecule has 2 aromatic carbocycles. The first kappa shape index (κ1) is 14.2. The average Bonchev–Trinajstić information content (AvgIpc) is 2.45. The van der Waals surface area contributed by atoms with Crippen LogP contribution in [0.5, 0.6) is 0 Å². The van der Waals surface area contributed by atoms with Gasteiger partial charge in [-0.25, -0.2) is 8.78 Å². The van der Waals surface area contributed by atoms with Crippen LogP contribution >= 0.6 is 0 Å². The van der Waals surface area contributed by atoms with Crippen molar-refractivity contribution in [3.8, 4) is 0 Å². The lowest BCUT2D eigenvalue weighted by Crippen LogP contribution is -2.22. The Morgan fingerprint density at radius 3 is 2.25 bits per heavy atom. The first-order valence-electron chi connectivity index (χ1n) is 6.31. The molecule has 0 aliphatic rings. The van der Waals surface area contributed by atoms with Crippen LogP contribution in [0, 0.1) is 11.6 Å². The van der Waals surface area contributed by atoms with E-state index in [2.05, 4.69) is 0 Å². The molecule has 20 heavy (non-hydrogen) atoms. The number of carbonyl (C=O) groups excluding carboxylic acids is 1. The maximum Gasteiger partial charge on any atom is 0.150 e. The first-order valence-corrected chi connectivity index (χ1v) is 6.31. The monoisotopic (exact) mass is 275 g/mol. The van der Waals surface area contributed by atoms with Gasteiger partial charge in [0.05, 0.1) is 0 Å². The lowest BCUT2D eigenvalue weighted by atomic mass is 10.1. The van der Waals surface area contributed by atoms with E-state index in [9.17, 15) is 13.6 Å². The van der Waals surface area contributed by atoms with E-state index < -0.39 is 11.6 Å². The van der Waals surface area contributed by atoms with Gasteiger partial charge >= 0.3 is 0 Å². The summed E-state index contributed by atoms with van der Waals surface area (Å²) in [5, 5.41) is 0. The maximum atomic E-state index is 13.8. The smallest absolute Gasteiger partial charge is 0.150 e. The van der Waals surface area contributed by atoms with Crippen LogP contribution in [0.4, 0.5) is 14.5 Å². The van der Waals surface area contributed by atoms with E-state index in [1.54, 1.807) is 7.05 Å². The molecule has 0 fully saturated rings. The minimum Gasteiger partial charge on any atom is -0.370 e. The van der Waals surface area contributed by atoms with Crippen molar-refractivity contribution in [2.45, 2.75) is 6.42 Å². The lowest BCUT2D eigenvalue weighted by molar-refractivity contribution is 0.112. The number of carbonyl (C=O) groups is 1. The maximum absolute atomic E-state index is 13.8. The van der Waals surface area contributed by atoms with Crippen LogP contribution in [-0.4, -0.2) is 19.9 Å². The van der Waals surface area contributed by atoms with Crippen LogP contribution < -0.4 is 4.90 Å². The Bertz CT molecular complexity index is 576. The van der Waals surface area contributed by atoms with Gasteiger partial charge in [-0.2, -0.15) is 0 Å². The molecule has 0 aliphatic carbocycles. The molecule has 0 spiro atoms. The van der Waals surface area contributed by atoms with Gasteiger partial charge in [0, 0.05) is 19.2 Å². The van der Waals surface area contributed by atoms with Gasteiger partial charge in [-0.15, -0.1) is 0 Å². The zero-order valence-corrected chi connectivity index (χ0v) is 11.1. The quantitative estimate of drug-likeness (QED) is 0.779. The van der Waals surface area contributed by atoms with Crippen LogP contribution in [0.2, 0.25) is 0 Å². The molecule has 0 N–H and O–H groups in total. The molecule has 0 atom stereocenters. The van der Waals surface area contributed by atoms with Crippen molar-refractivity contribution >= 4 is 12.0 Å². The zero-order valence-electron chi connectivity index (χ0n) is 11.1. The predicted octanol–water partition coefficient (Wildman–Crippen LogP) is 3.46. The van der Waals surface area contributed by atoms with E-state index in [0.29, 0.717) is 19.3 Å². The third kappa shape index (κ3) is 3.20. The minimum atomic E-state index is -0.720. The van der Waals surface area contributed by atoms with Gasteiger partial charge in [0.25, 0.3) is 0 Å². The summed E-state index contributed by atoms with van der Waals surface area (Å²) in [6.45, 7) is 0.484. The Kier molecular flexibility index (Phi) is 4.45. The van der Waals surface area contributed by atoms with E-state index in [1.165, 1.54) is 4.90 Å². The van der Waals surface area contributed by atoms with Crippen molar-refractivity contribution in [2.24, 2.45) is 0 Å². The molecular formula is C16H15F2NO. The largest absolute Gasteiger partial charge is 0.370 e. The van der Waals surface area contributed by atoms with Crippen LogP contribution in [-0.2, 0) is 6.42 Å². The summed E-state index contributed by atoms with van der Waals surface area (Å²) >= 11 is 0. The highest BCUT2D eigenvalue weighted by atomic mass is 19.1. The summed E-state index contributed by atoms with van der Waals surface area (Å²) in [7, 11) is 1.63. The fraction of sp³-hybridized carbons (Fsp3) is 0.188. The number of nitrogens with zero attached hydrogens (tertiary/aromatic N) is 1. The second-order valence-corrected chi connectivity index (χ2v) is 4.61. The molecule has 0 aromatic heterocycles. The highest BCUT2D eigenvalue weighted by Crippen LogP contribution is 2.23. The van der Waals surface area contributed by atoms with Gasteiger partial charge in [-0.3, -0.25) is 4.79 Å². The van der Waals surface area contributed by atoms with E-state index in [1.807, 2.05) is 30.3 Å². The topological polar surface area (TPSA) is 20.3 Å². The number of benzene rings is 2. The number of likely N-dealkylation sites (N-methyl/N-ethyl adjacent to an activating group) is 1. The van der Waals surface area contributed by atoms with Crippen LogP contribution in [0.3, 0.4) is 0 Å². The van der Waals surface area contributed by atoms with Crippen LogP contribution in [0.15, 0.2) is 42.5 Å². The van der Waals surface area contributed by atoms with Crippen molar-refractivity contribution < 1.29 is 13.6 Å². The molecule has 0 unspecified atom stereocenters. The number of aldehydes is 1. The standard InChI is InChI=1S/C16H15F2NO/c1-19(8-7-12-5-3-2-4-6-12)16-14(17)9-13(11-20)10-15(16)18/h2-6,9-11H,7-8H2,1H3. The number of rotatable bonds is 5. The van der Waals surface area contributed by atoms with Crippen molar-refractivity contribution in [1.29, 1.82) is 0 Å². The fourth-order valence-electron chi connectivity index (χ4n) is 2.07. The molecule has 2 aromatic rings. The van der Waals surface area contributed by atoms with Gasteiger partial charge in [-0.1, -0.05) is 30.3 Å². The molecule has 2 nitrogen and oxygen atoms in total. The molecule has 0 radical (unpaired) electrons. The van der Waals surface area contributed by atoms with E-state index >= 15 is 0 Å². The third-order valence-corrected chi connectivity index (χ3v) is 3.14. The summed E-state index contributed by atoms with van der Waals surface area (Å²) in [5.74, 6) is -1.44. The van der Waals surface area contributed by atoms with E-state index in [-0.39, 0.29) is 11.3 Å². The normalized spacial score (nSPS) is 10.3. The summed E-state index contributed by atoms with van der Waals surface area (Å²) in [6, 6.07) is 11.8. The van der Waals surface area contributed by atoms with Gasteiger partial charge in [-0.05, 0) is 24.1 Å². The highest BCUT2D eigenvalue weighted by Gasteiger charge is 2.15. The Balaban J connectivity index is 2.13. The van der Waals surface area contributed by atoms with Crippen molar-refractivity contribution in [1.82, 2.24) is 0 Å². The average molecular weight is 275 g/mol. The predicted molar refractivity (Wildman–Crippen MR) is 75.2 cm³/mol. The van der Waals surface area contributed by atoms with Crippen LogP contribution in [0.1, 0.15) is 15.9 Å². The summed E-state index contributed by atoms with van der Waals surface area (Å²) in [6.07, 6.45) is 1.12. The molecule has 2 rings (SSSR count). The second-order valence-electron chi connectivity index (χ2n) is 4.61. The number of hydrogen-bond acceptors (Lipinski definition) is 2. The van der Waals surface area contributed by atoms with E-state index in [4.69, 9.17) is 0 Å². The van der Waals surface area contributed by atoms with E-state index in [0.717, 1.165) is 17.7 Å². The Morgan fingerprint density at radius 1 is 1.10 bits per heavy atom. The van der Waals surface area contributed by atoms with Gasteiger partial charge in [0.2, 0.25) is 0 Å². The first-order chi connectivity index (χ1) is 9.61. The number of hydrogen-bond donors (Lipinski definition) is 0.